The molecule has 0 spiro atoms. The Morgan fingerprint density at radius 1 is 1.44 bits per heavy atom. The first-order valence-electron chi connectivity index (χ1n) is 6.68. The lowest BCUT2D eigenvalue weighted by atomic mass is 9.79. The molecule has 2 atom stereocenters. The fourth-order valence-electron chi connectivity index (χ4n) is 2.69. The van der Waals surface area contributed by atoms with Crippen molar-refractivity contribution >= 4 is 5.97 Å². The number of hydrogen-bond donors (Lipinski definition) is 2. The predicted octanol–water partition coefficient (Wildman–Crippen LogP) is 1.36. The zero-order valence-electron chi connectivity index (χ0n) is 10.6. The second-order valence-electron chi connectivity index (χ2n) is 4.96. The van der Waals surface area contributed by atoms with Crippen molar-refractivity contribution in [3.05, 3.63) is 18.5 Å². The van der Waals surface area contributed by atoms with Crippen molar-refractivity contribution in [1.29, 1.82) is 0 Å². The minimum absolute atomic E-state index is 0.157. The largest absolute Gasteiger partial charge is 0.481 e. The van der Waals surface area contributed by atoms with Gasteiger partial charge in [0.2, 0.25) is 0 Å². The van der Waals surface area contributed by atoms with Crippen molar-refractivity contribution in [3.63, 3.8) is 0 Å². The van der Waals surface area contributed by atoms with Crippen LogP contribution in [0.3, 0.4) is 0 Å². The molecule has 2 unspecified atom stereocenters. The highest BCUT2D eigenvalue weighted by molar-refractivity contribution is 5.70. The van der Waals surface area contributed by atoms with E-state index in [1.807, 2.05) is 16.9 Å². The first-order chi connectivity index (χ1) is 8.77. The minimum Gasteiger partial charge on any atom is -0.481 e. The van der Waals surface area contributed by atoms with Crippen molar-refractivity contribution in [3.8, 4) is 0 Å². The summed E-state index contributed by atoms with van der Waals surface area (Å²) >= 11 is 0. The molecule has 0 aromatic carbocycles. The van der Waals surface area contributed by atoms with Crippen LogP contribution in [0.5, 0.6) is 0 Å². The quantitative estimate of drug-likeness (QED) is 0.749. The highest BCUT2D eigenvalue weighted by atomic mass is 16.4. The van der Waals surface area contributed by atoms with Crippen LogP contribution in [0.2, 0.25) is 0 Å². The van der Waals surface area contributed by atoms with Gasteiger partial charge in [-0.2, -0.15) is 5.10 Å². The van der Waals surface area contributed by atoms with Crippen molar-refractivity contribution in [2.45, 2.75) is 32.2 Å². The van der Waals surface area contributed by atoms with Crippen LogP contribution in [0.15, 0.2) is 18.5 Å². The van der Waals surface area contributed by atoms with Gasteiger partial charge in [0.15, 0.2) is 0 Å². The van der Waals surface area contributed by atoms with E-state index in [0.717, 1.165) is 45.3 Å². The van der Waals surface area contributed by atoms with E-state index in [-0.39, 0.29) is 11.8 Å². The molecule has 2 rings (SSSR count). The molecular weight excluding hydrogens is 230 g/mol. The molecule has 1 aliphatic rings. The maximum absolute atomic E-state index is 11.1. The number of hydrogen-bond acceptors (Lipinski definition) is 3. The lowest BCUT2D eigenvalue weighted by molar-refractivity contribution is -0.144. The van der Waals surface area contributed by atoms with Gasteiger partial charge >= 0.3 is 5.97 Å². The van der Waals surface area contributed by atoms with Gasteiger partial charge in [0.25, 0.3) is 0 Å². The Kier molecular flexibility index (Phi) is 4.75. The van der Waals surface area contributed by atoms with E-state index in [2.05, 4.69) is 10.4 Å². The Labute approximate surface area is 107 Å². The van der Waals surface area contributed by atoms with Crippen molar-refractivity contribution in [2.24, 2.45) is 11.8 Å². The molecule has 1 aromatic heterocycles. The fourth-order valence-corrected chi connectivity index (χ4v) is 2.69. The zero-order valence-corrected chi connectivity index (χ0v) is 10.6. The summed E-state index contributed by atoms with van der Waals surface area (Å²) in [4.78, 5) is 11.1. The van der Waals surface area contributed by atoms with Gasteiger partial charge in [-0.1, -0.05) is 12.8 Å². The lowest BCUT2D eigenvalue weighted by Gasteiger charge is -2.28. The van der Waals surface area contributed by atoms with Gasteiger partial charge < -0.3 is 10.4 Å². The van der Waals surface area contributed by atoms with E-state index in [1.165, 1.54) is 0 Å². The lowest BCUT2D eigenvalue weighted by Crippen LogP contribution is -2.35. The fraction of sp³-hybridized carbons (Fsp3) is 0.692. The van der Waals surface area contributed by atoms with Crippen LogP contribution in [0.25, 0.3) is 0 Å². The topological polar surface area (TPSA) is 67.2 Å². The summed E-state index contributed by atoms with van der Waals surface area (Å²) in [5, 5.41) is 16.7. The molecule has 1 fully saturated rings. The molecule has 100 valence electrons. The van der Waals surface area contributed by atoms with Crippen LogP contribution >= 0.6 is 0 Å². The van der Waals surface area contributed by atoms with Gasteiger partial charge in [-0.15, -0.1) is 0 Å². The molecule has 0 aliphatic heterocycles. The summed E-state index contributed by atoms with van der Waals surface area (Å²) in [7, 11) is 0. The van der Waals surface area contributed by atoms with Crippen LogP contribution < -0.4 is 5.32 Å². The van der Waals surface area contributed by atoms with E-state index < -0.39 is 5.97 Å². The predicted molar refractivity (Wildman–Crippen MR) is 68.2 cm³/mol. The SMILES string of the molecule is O=C(O)C1CCCCC1CNCCn1cccn1. The van der Waals surface area contributed by atoms with E-state index in [9.17, 15) is 9.90 Å². The van der Waals surface area contributed by atoms with Gasteiger partial charge in [0.1, 0.15) is 0 Å². The molecule has 1 saturated carbocycles. The first kappa shape index (κ1) is 13.1. The number of nitrogens with zero attached hydrogens (tertiary/aromatic N) is 2. The number of aliphatic carboxylic acids is 1. The molecule has 0 radical (unpaired) electrons. The van der Waals surface area contributed by atoms with E-state index in [4.69, 9.17) is 0 Å². The summed E-state index contributed by atoms with van der Waals surface area (Å²) < 4.78 is 1.88. The Bertz CT molecular complexity index is 364. The van der Waals surface area contributed by atoms with Gasteiger partial charge in [0.05, 0.1) is 12.5 Å². The Morgan fingerprint density at radius 2 is 2.28 bits per heavy atom. The normalized spacial score (nSPS) is 24.0. The Hall–Kier alpha value is -1.36. The monoisotopic (exact) mass is 251 g/mol. The number of aromatic nitrogens is 2. The number of carboxylic acid groups (broad SMARTS) is 1. The van der Waals surface area contributed by atoms with E-state index >= 15 is 0 Å². The van der Waals surface area contributed by atoms with Gasteiger partial charge in [0, 0.05) is 18.9 Å². The standard InChI is InChI=1S/C13H21N3O2/c17-13(18)12-5-2-1-4-11(12)10-14-7-9-16-8-3-6-15-16/h3,6,8,11-12,14H,1-2,4-5,7,9-10H2,(H,17,18). The van der Waals surface area contributed by atoms with Crippen LogP contribution in [0.1, 0.15) is 25.7 Å². The van der Waals surface area contributed by atoms with Gasteiger partial charge in [-0.05, 0) is 31.4 Å². The van der Waals surface area contributed by atoms with Crippen LogP contribution in [0, 0.1) is 11.8 Å². The van der Waals surface area contributed by atoms with Crippen LogP contribution in [0.4, 0.5) is 0 Å². The number of carboxylic acids is 1. The molecule has 0 bridgehead atoms. The molecular formula is C13H21N3O2. The average Bonchev–Trinajstić information content (AvgIpc) is 2.88. The number of nitrogens with one attached hydrogen (secondary N) is 1. The van der Waals surface area contributed by atoms with Gasteiger partial charge in [-0.25, -0.2) is 0 Å². The highest BCUT2D eigenvalue weighted by Crippen LogP contribution is 2.29. The van der Waals surface area contributed by atoms with Crippen LogP contribution in [-0.2, 0) is 11.3 Å². The second kappa shape index (κ2) is 6.54. The van der Waals surface area contributed by atoms with Crippen molar-refractivity contribution in [1.82, 2.24) is 15.1 Å². The average molecular weight is 251 g/mol. The summed E-state index contributed by atoms with van der Waals surface area (Å²) in [6.07, 6.45) is 7.78. The molecule has 18 heavy (non-hydrogen) atoms. The molecule has 1 heterocycles. The number of carbonyl (C=O) groups is 1. The second-order valence-corrected chi connectivity index (χ2v) is 4.96. The molecule has 5 nitrogen and oxygen atoms in total. The first-order valence-corrected chi connectivity index (χ1v) is 6.68. The van der Waals surface area contributed by atoms with Crippen molar-refractivity contribution < 1.29 is 9.90 Å². The highest BCUT2D eigenvalue weighted by Gasteiger charge is 2.30. The third kappa shape index (κ3) is 3.57. The van der Waals surface area contributed by atoms with Crippen LogP contribution in [-0.4, -0.2) is 33.9 Å². The van der Waals surface area contributed by atoms with Crippen molar-refractivity contribution in [2.75, 3.05) is 13.1 Å². The van der Waals surface area contributed by atoms with E-state index in [1.54, 1.807) is 6.20 Å². The summed E-state index contributed by atoms with van der Waals surface area (Å²) in [6, 6.07) is 1.90. The molecule has 2 N–H and O–H groups in total. The Morgan fingerprint density at radius 3 is 3.00 bits per heavy atom. The number of rotatable bonds is 6. The molecule has 1 aromatic rings. The molecule has 0 saturated heterocycles. The molecule has 0 amide bonds. The molecule has 5 heteroatoms. The van der Waals surface area contributed by atoms with E-state index in [0.29, 0.717) is 0 Å². The Balaban J connectivity index is 1.69. The summed E-state index contributed by atoms with van der Waals surface area (Å²) in [5.41, 5.74) is 0. The summed E-state index contributed by atoms with van der Waals surface area (Å²) in [6.45, 7) is 2.47. The third-order valence-corrected chi connectivity index (χ3v) is 3.71. The maximum Gasteiger partial charge on any atom is 0.306 e. The third-order valence-electron chi connectivity index (χ3n) is 3.71. The maximum atomic E-state index is 11.1. The summed E-state index contributed by atoms with van der Waals surface area (Å²) in [5.74, 6) is -0.501. The zero-order chi connectivity index (χ0) is 12.8. The molecule has 1 aliphatic carbocycles. The van der Waals surface area contributed by atoms with Gasteiger partial charge in [-0.3, -0.25) is 9.48 Å². The smallest absolute Gasteiger partial charge is 0.306 e. The minimum atomic E-state index is -0.631.